The molecule has 3 N–H and O–H groups in total. The highest BCUT2D eigenvalue weighted by atomic mass is 79.9. The molecule has 5 nitrogen and oxygen atoms in total. The fourth-order valence-corrected chi connectivity index (χ4v) is 1.72. The highest BCUT2D eigenvalue weighted by Crippen LogP contribution is 2.15. The summed E-state index contributed by atoms with van der Waals surface area (Å²) in [5.74, 6) is -1.97. The van der Waals surface area contributed by atoms with Crippen LogP contribution in [0.2, 0.25) is 0 Å². The number of hydrogen-bond donors (Lipinski definition) is 2. The molecule has 0 aromatic heterocycles. The van der Waals surface area contributed by atoms with Crippen molar-refractivity contribution in [3.63, 3.8) is 0 Å². The highest BCUT2D eigenvalue weighted by Gasteiger charge is 2.23. The van der Waals surface area contributed by atoms with E-state index in [9.17, 15) is 14.0 Å². The molecule has 0 fully saturated rings. The molecule has 0 aliphatic heterocycles. The SMILES string of the molecule is CCOC(=O)C(N)C(=O)NCc1cc(Br)ccc1F. The standard InChI is InChI=1S/C12H14BrFN2O3/c1-2-19-12(18)10(15)11(17)16-6-7-5-8(13)3-4-9(7)14/h3-5,10H,2,6,15H2,1H3,(H,16,17). The zero-order chi connectivity index (χ0) is 14.4. The second kappa shape index (κ2) is 7.20. The molecule has 7 heteroatoms. The van der Waals surface area contributed by atoms with Gasteiger partial charge in [0, 0.05) is 16.6 Å². The van der Waals surface area contributed by atoms with Crippen molar-refractivity contribution in [1.29, 1.82) is 0 Å². The van der Waals surface area contributed by atoms with E-state index in [0.29, 0.717) is 10.0 Å². The molecule has 1 amide bonds. The van der Waals surface area contributed by atoms with Gasteiger partial charge in [0.25, 0.3) is 0 Å². The average Bonchev–Trinajstić information content (AvgIpc) is 2.38. The Balaban J connectivity index is 2.59. The van der Waals surface area contributed by atoms with Crippen molar-refractivity contribution in [1.82, 2.24) is 5.32 Å². The van der Waals surface area contributed by atoms with Crippen LogP contribution in [0.1, 0.15) is 12.5 Å². The Morgan fingerprint density at radius 2 is 2.21 bits per heavy atom. The van der Waals surface area contributed by atoms with Crippen LogP contribution >= 0.6 is 15.9 Å². The molecule has 0 radical (unpaired) electrons. The van der Waals surface area contributed by atoms with Crippen LogP contribution in [-0.2, 0) is 20.9 Å². The van der Waals surface area contributed by atoms with Crippen molar-refractivity contribution in [2.24, 2.45) is 5.73 Å². The fourth-order valence-electron chi connectivity index (χ4n) is 1.31. The van der Waals surface area contributed by atoms with E-state index in [1.807, 2.05) is 0 Å². The highest BCUT2D eigenvalue weighted by molar-refractivity contribution is 9.10. The molecular formula is C12H14BrFN2O3. The lowest BCUT2D eigenvalue weighted by molar-refractivity contribution is -0.148. The summed E-state index contributed by atoms with van der Waals surface area (Å²) in [6.45, 7) is 1.69. The lowest BCUT2D eigenvalue weighted by Gasteiger charge is -2.11. The number of halogens is 2. The number of rotatable bonds is 5. The van der Waals surface area contributed by atoms with Gasteiger partial charge in [0.15, 0.2) is 6.04 Å². The summed E-state index contributed by atoms with van der Waals surface area (Å²) in [5.41, 5.74) is 5.68. The molecule has 104 valence electrons. The van der Waals surface area contributed by atoms with Gasteiger partial charge in [0.2, 0.25) is 5.91 Å². The molecule has 1 aromatic carbocycles. The number of nitrogens with two attached hydrogens (primary N) is 1. The van der Waals surface area contributed by atoms with Crippen molar-refractivity contribution >= 4 is 27.8 Å². The molecule has 1 aromatic rings. The third-order valence-electron chi connectivity index (χ3n) is 2.28. The number of hydrogen-bond acceptors (Lipinski definition) is 4. The predicted molar refractivity (Wildman–Crippen MR) is 70.6 cm³/mol. The second-order valence-electron chi connectivity index (χ2n) is 3.68. The summed E-state index contributed by atoms with van der Waals surface area (Å²) in [6, 6.07) is 2.95. The van der Waals surface area contributed by atoms with Gasteiger partial charge in [0.1, 0.15) is 5.82 Å². The number of benzene rings is 1. The minimum absolute atomic E-state index is 0.0583. The van der Waals surface area contributed by atoms with Gasteiger partial charge in [0.05, 0.1) is 6.61 Å². The van der Waals surface area contributed by atoms with Crippen LogP contribution in [0.5, 0.6) is 0 Å². The van der Waals surface area contributed by atoms with Gasteiger partial charge in [-0.25, -0.2) is 9.18 Å². The molecule has 0 bridgehead atoms. The van der Waals surface area contributed by atoms with Crippen LogP contribution in [0.3, 0.4) is 0 Å². The molecule has 0 saturated carbocycles. The molecule has 0 saturated heterocycles. The van der Waals surface area contributed by atoms with E-state index >= 15 is 0 Å². The summed E-state index contributed by atoms with van der Waals surface area (Å²) < 4.78 is 18.7. The van der Waals surface area contributed by atoms with E-state index < -0.39 is 23.7 Å². The first kappa shape index (κ1) is 15.6. The van der Waals surface area contributed by atoms with Gasteiger partial charge in [-0.2, -0.15) is 0 Å². The first-order chi connectivity index (χ1) is 8.95. The number of esters is 1. The van der Waals surface area contributed by atoms with E-state index in [4.69, 9.17) is 5.73 Å². The zero-order valence-corrected chi connectivity index (χ0v) is 11.9. The van der Waals surface area contributed by atoms with Crippen molar-refractivity contribution < 1.29 is 18.7 Å². The molecule has 19 heavy (non-hydrogen) atoms. The number of amides is 1. The summed E-state index contributed by atoms with van der Waals surface area (Å²) in [4.78, 5) is 22.8. The summed E-state index contributed by atoms with van der Waals surface area (Å²) >= 11 is 3.20. The normalized spacial score (nSPS) is 11.8. The monoisotopic (exact) mass is 332 g/mol. The van der Waals surface area contributed by atoms with E-state index in [1.165, 1.54) is 12.1 Å². The fraction of sp³-hybridized carbons (Fsp3) is 0.333. The second-order valence-corrected chi connectivity index (χ2v) is 4.60. The lowest BCUT2D eigenvalue weighted by Crippen LogP contribution is -2.46. The van der Waals surface area contributed by atoms with Gasteiger partial charge in [-0.1, -0.05) is 15.9 Å². The van der Waals surface area contributed by atoms with Crippen LogP contribution in [0.15, 0.2) is 22.7 Å². The van der Waals surface area contributed by atoms with Gasteiger partial charge < -0.3 is 15.8 Å². The van der Waals surface area contributed by atoms with Gasteiger partial charge >= 0.3 is 5.97 Å². The molecular weight excluding hydrogens is 319 g/mol. The zero-order valence-electron chi connectivity index (χ0n) is 10.3. The van der Waals surface area contributed by atoms with Crippen molar-refractivity contribution in [2.75, 3.05) is 6.61 Å². The van der Waals surface area contributed by atoms with Gasteiger partial charge in [-0.3, -0.25) is 4.79 Å². The number of carbonyl (C=O) groups is 2. The molecule has 0 spiro atoms. The van der Waals surface area contributed by atoms with Crippen LogP contribution in [0.4, 0.5) is 4.39 Å². The Morgan fingerprint density at radius 1 is 1.53 bits per heavy atom. The van der Waals surface area contributed by atoms with Crippen LogP contribution in [-0.4, -0.2) is 24.5 Å². The molecule has 1 rings (SSSR count). The Bertz CT molecular complexity index is 482. The van der Waals surface area contributed by atoms with Gasteiger partial charge in [-0.15, -0.1) is 0 Å². The quantitative estimate of drug-likeness (QED) is 0.624. The third-order valence-corrected chi connectivity index (χ3v) is 2.78. The summed E-state index contributed by atoms with van der Waals surface area (Å²) in [5, 5.41) is 2.38. The maximum Gasteiger partial charge on any atom is 0.332 e. The van der Waals surface area contributed by atoms with Crippen molar-refractivity contribution in [3.05, 3.63) is 34.1 Å². The van der Waals surface area contributed by atoms with E-state index in [0.717, 1.165) is 0 Å². The van der Waals surface area contributed by atoms with Gasteiger partial charge in [-0.05, 0) is 25.1 Å². The summed E-state index contributed by atoms with van der Waals surface area (Å²) in [6.07, 6.45) is 0. The number of carbonyl (C=O) groups excluding carboxylic acids is 2. The maximum atomic E-state index is 13.4. The van der Waals surface area contributed by atoms with Crippen LogP contribution in [0.25, 0.3) is 0 Å². The average molecular weight is 333 g/mol. The van der Waals surface area contributed by atoms with E-state index in [-0.39, 0.29) is 13.2 Å². The predicted octanol–water partition coefficient (Wildman–Crippen LogP) is 1.09. The van der Waals surface area contributed by atoms with E-state index in [1.54, 1.807) is 13.0 Å². The first-order valence-corrected chi connectivity index (χ1v) is 6.38. The van der Waals surface area contributed by atoms with Crippen molar-refractivity contribution in [3.8, 4) is 0 Å². The number of nitrogens with one attached hydrogen (secondary N) is 1. The topological polar surface area (TPSA) is 81.4 Å². The molecule has 0 aliphatic rings. The summed E-state index contributed by atoms with van der Waals surface area (Å²) in [7, 11) is 0. The molecule has 1 unspecified atom stereocenters. The Kier molecular flexibility index (Phi) is 5.91. The Labute approximate surface area is 118 Å². The molecule has 1 atom stereocenters. The van der Waals surface area contributed by atoms with Crippen molar-refractivity contribution in [2.45, 2.75) is 19.5 Å². The van der Waals surface area contributed by atoms with Crippen LogP contribution in [0, 0.1) is 5.82 Å². The minimum Gasteiger partial charge on any atom is -0.464 e. The minimum atomic E-state index is -1.41. The first-order valence-electron chi connectivity index (χ1n) is 5.59. The lowest BCUT2D eigenvalue weighted by atomic mass is 10.2. The maximum absolute atomic E-state index is 13.4. The van der Waals surface area contributed by atoms with Crippen LogP contribution < -0.4 is 11.1 Å². The number of ether oxygens (including phenoxy) is 1. The smallest absolute Gasteiger partial charge is 0.332 e. The largest absolute Gasteiger partial charge is 0.464 e. The Morgan fingerprint density at radius 3 is 2.84 bits per heavy atom. The molecule has 0 heterocycles. The third kappa shape index (κ3) is 4.60. The van der Waals surface area contributed by atoms with E-state index in [2.05, 4.69) is 26.0 Å². The Hall–Kier alpha value is -1.47. The molecule has 0 aliphatic carbocycles.